The monoisotopic (exact) mass is 227 g/mol. The third-order valence-electron chi connectivity index (χ3n) is 2.12. The number of hydrogen-bond donors (Lipinski definition) is 0. The van der Waals surface area contributed by atoms with Crippen LogP contribution in [0.4, 0.5) is 0 Å². The molecule has 0 bridgehead atoms. The largest absolute Gasteiger partial charge is 0.405 e. The van der Waals surface area contributed by atoms with Gasteiger partial charge in [-0.3, -0.25) is 0 Å². The van der Waals surface area contributed by atoms with Crippen LogP contribution in [0.3, 0.4) is 0 Å². The minimum atomic E-state index is 0.672. The molecule has 0 saturated carbocycles. The molecule has 0 aliphatic rings. The minimum Gasteiger partial charge on any atom is -0.405 e. The summed E-state index contributed by atoms with van der Waals surface area (Å²) in [5, 5.41) is 2.65. The lowest BCUT2D eigenvalue weighted by atomic mass is 10.2. The molecular formula is C13H11N2O2+. The Bertz CT molecular complexity index is 507. The normalized spacial score (nSPS) is 10.4. The number of nitrogens with one attached hydrogen (secondary N) is 1. The molecule has 0 unspecified atom stereocenters. The Labute approximate surface area is 98.6 Å². The second-order valence-electron chi connectivity index (χ2n) is 3.32. The van der Waals surface area contributed by atoms with Gasteiger partial charge >= 0.3 is 5.88 Å². The van der Waals surface area contributed by atoms with Gasteiger partial charge < -0.3 is 4.74 Å². The SMILES string of the molecule is O=N/C=C/c1ccc(Oc2cccc[nH+]2)cc1. The summed E-state index contributed by atoms with van der Waals surface area (Å²) in [5.74, 6) is 1.40. The molecule has 84 valence electrons. The first-order chi connectivity index (χ1) is 8.38. The first-order valence-corrected chi connectivity index (χ1v) is 5.12. The van der Waals surface area contributed by atoms with E-state index in [0.717, 1.165) is 11.3 Å². The Hall–Kier alpha value is -2.49. The summed E-state index contributed by atoms with van der Waals surface area (Å²) in [7, 11) is 0. The molecule has 0 saturated heterocycles. The van der Waals surface area contributed by atoms with Gasteiger partial charge in [-0.1, -0.05) is 12.1 Å². The molecule has 17 heavy (non-hydrogen) atoms. The van der Waals surface area contributed by atoms with Gasteiger partial charge in [-0.05, 0) is 35.0 Å². The second kappa shape index (κ2) is 5.55. The molecule has 2 rings (SSSR count). The van der Waals surface area contributed by atoms with Crippen LogP contribution in [0.5, 0.6) is 11.6 Å². The molecule has 0 aliphatic carbocycles. The highest BCUT2D eigenvalue weighted by atomic mass is 16.5. The summed E-state index contributed by atoms with van der Waals surface area (Å²) >= 11 is 0. The number of aromatic nitrogens is 1. The van der Waals surface area contributed by atoms with Crippen LogP contribution in [0.25, 0.3) is 6.08 Å². The molecular weight excluding hydrogens is 216 g/mol. The zero-order valence-electron chi connectivity index (χ0n) is 9.04. The molecule has 0 atom stereocenters. The van der Waals surface area contributed by atoms with Gasteiger partial charge in [0.25, 0.3) is 0 Å². The smallest absolute Gasteiger partial charge is 0.371 e. The van der Waals surface area contributed by atoms with Crippen molar-refractivity contribution in [1.29, 1.82) is 0 Å². The van der Waals surface area contributed by atoms with Gasteiger partial charge in [0.15, 0.2) is 6.20 Å². The third-order valence-corrected chi connectivity index (χ3v) is 2.12. The number of aromatic amines is 1. The van der Waals surface area contributed by atoms with E-state index in [9.17, 15) is 4.91 Å². The Balaban J connectivity index is 2.08. The van der Waals surface area contributed by atoms with Crippen molar-refractivity contribution in [1.82, 2.24) is 0 Å². The standard InChI is InChI=1S/C13H10N2O2/c16-15-10-8-11-4-6-12(7-5-11)17-13-3-1-2-9-14-13/h1-10H/p+1/b10-8+. The van der Waals surface area contributed by atoms with Crippen molar-refractivity contribution in [3.8, 4) is 11.6 Å². The Morgan fingerprint density at radius 3 is 2.59 bits per heavy atom. The molecule has 2 aromatic rings. The number of pyridine rings is 1. The van der Waals surface area contributed by atoms with Crippen molar-refractivity contribution < 1.29 is 9.72 Å². The maximum atomic E-state index is 9.92. The van der Waals surface area contributed by atoms with Crippen molar-refractivity contribution in [2.24, 2.45) is 5.18 Å². The molecule has 4 heteroatoms. The molecule has 0 amide bonds. The fourth-order valence-corrected chi connectivity index (χ4v) is 1.33. The topological polar surface area (TPSA) is 52.8 Å². The molecule has 1 heterocycles. The number of benzene rings is 1. The molecule has 0 fully saturated rings. The van der Waals surface area contributed by atoms with E-state index >= 15 is 0 Å². The fourth-order valence-electron chi connectivity index (χ4n) is 1.33. The average Bonchev–Trinajstić information content (AvgIpc) is 2.39. The van der Waals surface area contributed by atoms with E-state index in [1.54, 1.807) is 12.3 Å². The van der Waals surface area contributed by atoms with Crippen LogP contribution >= 0.6 is 0 Å². The molecule has 1 aromatic carbocycles. The van der Waals surface area contributed by atoms with Crippen molar-refractivity contribution in [2.45, 2.75) is 0 Å². The maximum absolute atomic E-state index is 9.92. The Morgan fingerprint density at radius 2 is 1.94 bits per heavy atom. The van der Waals surface area contributed by atoms with Gasteiger partial charge in [0.05, 0.1) is 12.3 Å². The van der Waals surface area contributed by atoms with Gasteiger partial charge in [-0.2, -0.15) is 4.98 Å². The predicted octanol–water partition coefficient (Wildman–Crippen LogP) is 3.03. The quantitative estimate of drug-likeness (QED) is 0.754. The Kier molecular flexibility index (Phi) is 3.60. The zero-order chi connectivity index (χ0) is 11.9. The molecule has 1 aromatic heterocycles. The third kappa shape index (κ3) is 3.24. The lowest BCUT2D eigenvalue weighted by Gasteiger charge is -2.00. The number of hydrogen-bond acceptors (Lipinski definition) is 3. The molecule has 4 nitrogen and oxygen atoms in total. The van der Waals surface area contributed by atoms with Gasteiger partial charge in [0.2, 0.25) is 0 Å². The Morgan fingerprint density at radius 1 is 1.12 bits per heavy atom. The van der Waals surface area contributed by atoms with E-state index < -0.39 is 0 Å². The van der Waals surface area contributed by atoms with Crippen molar-refractivity contribution in [2.75, 3.05) is 0 Å². The molecule has 0 radical (unpaired) electrons. The number of nitrogens with zero attached hydrogens (tertiary/aromatic N) is 1. The van der Waals surface area contributed by atoms with Gasteiger partial charge in [0, 0.05) is 6.07 Å². The summed E-state index contributed by atoms with van der Waals surface area (Å²) in [6.45, 7) is 0. The van der Waals surface area contributed by atoms with E-state index in [1.807, 2.05) is 42.5 Å². The van der Waals surface area contributed by atoms with E-state index in [0.29, 0.717) is 5.88 Å². The number of ether oxygens (including phenoxy) is 1. The average molecular weight is 227 g/mol. The van der Waals surface area contributed by atoms with Crippen LogP contribution < -0.4 is 9.72 Å². The highest BCUT2D eigenvalue weighted by molar-refractivity contribution is 5.50. The summed E-state index contributed by atoms with van der Waals surface area (Å²) in [6, 6.07) is 13.0. The van der Waals surface area contributed by atoms with E-state index in [4.69, 9.17) is 4.74 Å². The molecule has 0 aliphatic heterocycles. The van der Waals surface area contributed by atoms with Crippen LogP contribution in [0.2, 0.25) is 0 Å². The number of H-pyrrole nitrogens is 1. The zero-order valence-corrected chi connectivity index (χ0v) is 9.04. The van der Waals surface area contributed by atoms with Crippen LogP contribution in [-0.4, -0.2) is 0 Å². The highest BCUT2D eigenvalue weighted by Gasteiger charge is 2.01. The van der Waals surface area contributed by atoms with Gasteiger partial charge in [0.1, 0.15) is 5.75 Å². The lowest BCUT2D eigenvalue weighted by molar-refractivity contribution is -0.390. The summed E-state index contributed by atoms with van der Waals surface area (Å²) in [6.07, 6.45) is 4.63. The van der Waals surface area contributed by atoms with Crippen LogP contribution in [-0.2, 0) is 0 Å². The van der Waals surface area contributed by atoms with Crippen LogP contribution in [0.1, 0.15) is 5.56 Å². The first kappa shape index (κ1) is 11.0. The van der Waals surface area contributed by atoms with Crippen molar-refractivity contribution in [3.05, 3.63) is 65.3 Å². The summed E-state index contributed by atoms with van der Waals surface area (Å²) in [5.41, 5.74) is 0.897. The first-order valence-electron chi connectivity index (χ1n) is 5.12. The maximum Gasteiger partial charge on any atom is 0.371 e. The van der Waals surface area contributed by atoms with Gasteiger partial charge in [-0.15, -0.1) is 4.91 Å². The molecule has 0 spiro atoms. The number of nitroso groups, excluding NO2 is 1. The van der Waals surface area contributed by atoms with Gasteiger partial charge in [-0.25, -0.2) is 0 Å². The minimum absolute atomic E-state index is 0.672. The van der Waals surface area contributed by atoms with Crippen LogP contribution in [0.15, 0.2) is 60.0 Å². The van der Waals surface area contributed by atoms with E-state index in [2.05, 4.69) is 10.2 Å². The second-order valence-corrected chi connectivity index (χ2v) is 3.32. The molecule has 1 N–H and O–H groups in total. The number of rotatable bonds is 4. The predicted molar refractivity (Wildman–Crippen MR) is 64.3 cm³/mol. The van der Waals surface area contributed by atoms with E-state index in [1.165, 1.54) is 6.20 Å². The van der Waals surface area contributed by atoms with Crippen LogP contribution in [0, 0.1) is 4.91 Å². The summed E-state index contributed by atoms with van der Waals surface area (Å²) < 4.78 is 5.57. The lowest BCUT2D eigenvalue weighted by Crippen LogP contribution is -2.04. The van der Waals surface area contributed by atoms with Crippen molar-refractivity contribution in [3.63, 3.8) is 0 Å². The van der Waals surface area contributed by atoms with E-state index in [-0.39, 0.29) is 0 Å². The van der Waals surface area contributed by atoms with Crippen molar-refractivity contribution >= 4 is 6.08 Å². The fraction of sp³-hybridized carbons (Fsp3) is 0. The highest BCUT2D eigenvalue weighted by Crippen LogP contribution is 2.18. The summed E-state index contributed by atoms with van der Waals surface area (Å²) in [4.78, 5) is 12.9.